The van der Waals surface area contributed by atoms with Crippen LogP contribution in [0.5, 0.6) is 5.75 Å². The molecule has 1 rings (SSSR count). The number of halogens is 3. The van der Waals surface area contributed by atoms with Gasteiger partial charge in [0.15, 0.2) is 0 Å². The minimum Gasteiger partial charge on any atom is -0.406 e. The van der Waals surface area contributed by atoms with E-state index in [0.29, 0.717) is 0 Å². The van der Waals surface area contributed by atoms with Crippen molar-refractivity contribution in [2.24, 2.45) is 0 Å². The average molecular weight is 303 g/mol. The molecule has 0 amide bonds. The number of hydrogen-bond donors (Lipinski definition) is 1. The number of nitrogens with one attached hydrogen (secondary N) is 1. The highest BCUT2D eigenvalue weighted by atomic mass is 19.4. The van der Waals surface area contributed by atoms with Crippen LogP contribution >= 0.6 is 0 Å². The van der Waals surface area contributed by atoms with E-state index < -0.39 is 6.36 Å². The minimum atomic E-state index is -4.66. The fourth-order valence-corrected chi connectivity index (χ4v) is 2.01. The van der Waals surface area contributed by atoms with Gasteiger partial charge in [-0.05, 0) is 56.8 Å². The largest absolute Gasteiger partial charge is 0.573 e. The van der Waals surface area contributed by atoms with Crippen LogP contribution in [0.25, 0.3) is 0 Å². The van der Waals surface area contributed by atoms with Crippen molar-refractivity contribution in [3.63, 3.8) is 0 Å². The van der Waals surface area contributed by atoms with Crippen LogP contribution in [0.15, 0.2) is 24.3 Å². The van der Waals surface area contributed by atoms with Gasteiger partial charge in [-0.2, -0.15) is 0 Å². The first-order chi connectivity index (χ1) is 9.39. The summed E-state index contributed by atoms with van der Waals surface area (Å²) in [4.78, 5) is 0. The summed E-state index contributed by atoms with van der Waals surface area (Å²) >= 11 is 0. The van der Waals surface area contributed by atoms with Gasteiger partial charge in [-0.25, -0.2) is 0 Å². The normalized spacial score (nSPS) is 13.3. The van der Waals surface area contributed by atoms with Crippen molar-refractivity contribution in [1.82, 2.24) is 5.32 Å². The summed E-state index contributed by atoms with van der Waals surface area (Å²) < 4.78 is 40.8. The van der Waals surface area contributed by atoms with Gasteiger partial charge in [0.1, 0.15) is 5.75 Å². The highest BCUT2D eigenvalue weighted by molar-refractivity contribution is 5.33. The number of hydrogen-bond acceptors (Lipinski definition) is 2. The molecule has 0 aromatic heterocycles. The molecule has 1 N–H and O–H groups in total. The maximum absolute atomic E-state index is 12.3. The van der Waals surface area contributed by atoms with Gasteiger partial charge in [0.05, 0.1) is 0 Å². The van der Waals surface area contributed by atoms with E-state index in [-0.39, 0.29) is 16.7 Å². The maximum atomic E-state index is 12.3. The van der Waals surface area contributed by atoms with Crippen LogP contribution in [0, 0.1) is 0 Å². The molecule has 0 saturated heterocycles. The molecule has 0 aliphatic heterocycles. The lowest BCUT2D eigenvalue weighted by molar-refractivity contribution is -0.274. The predicted octanol–water partition coefficient (Wildman–Crippen LogP) is 4.64. The number of ether oxygens (including phenoxy) is 1. The molecule has 0 saturated carbocycles. The molecule has 0 aliphatic rings. The lowest BCUT2D eigenvalue weighted by atomic mass is 9.81. The average Bonchev–Trinajstić information content (AvgIpc) is 2.24. The van der Waals surface area contributed by atoms with Crippen LogP contribution in [0.1, 0.15) is 46.6 Å². The highest BCUT2D eigenvalue weighted by Crippen LogP contribution is 2.31. The molecule has 0 atom stereocenters. The second-order valence-electron chi connectivity index (χ2n) is 6.89. The van der Waals surface area contributed by atoms with Gasteiger partial charge in [0.2, 0.25) is 0 Å². The van der Waals surface area contributed by atoms with E-state index in [1.807, 2.05) is 19.9 Å². The molecule has 0 aliphatic carbocycles. The van der Waals surface area contributed by atoms with Gasteiger partial charge in [0.25, 0.3) is 0 Å². The lowest BCUT2D eigenvalue weighted by Crippen LogP contribution is -2.38. The lowest BCUT2D eigenvalue weighted by Gasteiger charge is -2.28. The van der Waals surface area contributed by atoms with Crippen LogP contribution in [-0.2, 0) is 5.41 Å². The molecule has 0 radical (unpaired) electrons. The summed E-state index contributed by atoms with van der Waals surface area (Å²) in [6.07, 6.45) is -3.84. The first-order valence-corrected chi connectivity index (χ1v) is 7.00. The summed E-state index contributed by atoms with van der Waals surface area (Å²) in [5.41, 5.74) is 0.626. The topological polar surface area (TPSA) is 21.3 Å². The van der Waals surface area contributed by atoms with Gasteiger partial charge >= 0.3 is 6.36 Å². The molecule has 2 nitrogen and oxygen atoms in total. The smallest absolute Gasteiger partial charge is 0.406 e. The van der Waals surface area contributed by atoms with Crippen LogP contribution < -0.4 is 10.1 Å². The second-order valence-corrected chi connectivity index (χ2v) is 6.89. The third kappa shape index (κ3) is 6.85. The summed E-state index contributed by atoms with van der Waals surface area (Å²) in [7, 11) is 0. The van der Waals surface area contributed by atoms with Crippen LogP contribution in [-0.4, -0.2) is 18.4 Å². The van der Waals surface area contributed by atoms with Gasteiger partial charge in [0, 0.05) is 5.54 Å². The molecule has 1 aromatic rings. The molecule has 21 heavy (non-hydrogen) atoms. The molecule has 0 heterocycles. The van der Waals surface area contributed by atoms with Gasteiger partial charge < -0.3 is 10.1 Å². The van der Waals surface area contributed by atoms with Crippen molar-refractivity contribution >= 4 is 0 Å². The Kier molecular flexibility index (Phi) is 5.31. The third-order valence-electron chi connectivity index (χ3n) is 3.25. The molecule has 0 bridgehead atoms. The van der Waals surface area contributed by atoms with Crippen molar-refractivity contribution in [3.8, 4) is 5.75 Å². The molecule has 120 valence electrons. The molecule has 0 spiro atoms. The van der Waals surface area contributed by atoms with Gasteiger partial charge in [-0.3, -0.25) is 0 Å². The molecule has 0 unspecified atom stereocenters. The fraction of sp³-hybridized carbons (Fsp3) is 0.625. The highest BCUT2D eigenvalue weighted by Gasteiger charge is 2.31. The summed E-state index contributed by atoms with van der Waals surface area (Å²) in [5, 5.41) is 3.39. The van der Waals surface area contributed by atoms with E-state index in [4.69, 9.17) is 0 Å². The Balaban J connectivity index is 2.76. The third-order valence-corrected chi connectivity index (χ3v) is 3.25. The molecule has 1 aromatic carbocycles. The molecule has 0 fully saturated rings. The number of benzene rings is 1. The Bertz CT molecular complexity index is 461. The standard InChI is InChI=1S/C16H24F3NO/c1-14(2,3)20-10-9-15(4,5)12-7-6-8-13(11-12)21-16(17,18)19/h6-8,11,20H,9-10H2,1-5H3. The minimum absolute atomic E-state index is 0.0251. The van der Waals surface area contributed by atoms with Crippen LogP contribution in [0.3, 0.4) is 0 Å². The Hall–Kier alpha value is -1.23. The van der Waals surface area contributed by atoms with E-state index in [9.17, 15) is 13.2 Å². The quantitative estimate of drug-likeness (QED) is 0.855. The van der Waals surface area contributed by atoms with E-state index >= 15 is 0 Å². The first-order valence-electron chi connectivity index (χ1n) is 7.00. The maximum Gasteiger partial charge on any atom is 0.573 e. The van der Waals surface area contributed by atoms with Crippen LogP contribution in [0.4, 0.5) is 13.2 Å². The van der Waals surface area contributed by atoms with E-state index in [0.717, 1.165) is 18.5 Å². The van der Waals surface area contributed by atoms with Crippen molar-refractivity contribution in [1.29, 1.82) is 0 Å². The monoisotopic (exact) mass is 303 g/mol. The summed E-state index contributed by atoms with van der Waals surface area (Å²) in [6, 6.07) is 6.21. The summed E-state index contributed by atoms with van der Waals surface area (Å²) in [5.74, 6) is -0.170. The summed E-state index contributed by atoms with van der Waals surface area (Å²) in [6.45, 7) is 11.1. The van der Waals surface area contributed by atoms with Crippen molar-refractivity contribution in [2.45, 2.75) is 58.4 Å². The predicted molar refractivity (Wildman–Crippen MR) is 78.5 cm³/mol. The van der Waals surface area contributed by atoms with E-state index in [2.05, 4.69) is 30.8 Å². The Morgan fingerprint density at radius 2 is 1.67 bits per heavy atom. The zero-order chi connectivity index (χ0) is 16.3. The SMILES string of the molecule is CC(C)(C)NCCC(C)(C)c1cccc(OC(F)(F)F)c1. The van der Waals surface area contributed by atoms with Gasteiger partial charge in [-0.15, -0.1) is 13.2 Å². The number of rotatable bonds is 5. The first kappa shape index (κ1) is 17.8. The van der Waals surface area contributed by atoms with Gasteiger partial charge in [-0.1, -0.05) is 26.0 Å². The second kappa shape index (κ2) is 6.26. The zero-order valence-corrected chi connectivity index (χ0v) is 13.3. The van der Waals surface area contributed by atoms with Crippen molar-refractivity contribution in [2.75, 3.05) is 6.54 Å². The Morgan fingerprint density at radius 1 is 1.05 bits per heavy atom. The Labute approximate surface area is 124 Å². The van der Waals surface area contributed by atoms with Crippen molar-refractivity contribution < 1.29 is 17.9 Å². The molecular weight excluding hydrogens is 279 g/mol. The van der Waals surface area contributed by atoms with E-state index in [1.165, 1.54) is 12.1 Å². The van der Waals surface area contributed by atoms with E-state index in [1.54, 1.807) is 6.07 Å². The molecule has 5 heteroatoms. The number of alkyl halides is 3. The van der Waals surface area contributed by atoms with Crippen molar-refractivity contribution in [3.05, 3.63) is 29.8 Å². The molecular formula is C16H24F3NO. The van der Waals surface area contributed by atoms with Crippen LogP contribution in [0.2, 0.25) is 0 Å². The Morgan fingerprint density at radius 3 is 2.19 bits per heavy atom. The fourth-order valence-electron chi connectivity index (χ4n) is 2.01. The zero-order valence-electron chi connectivity index (χ0n) is 13.3.